The highest BCUT2D eigenvalue weighted by Crippen LogP contribution is 2.21. The van der Waals surface area contributed by atoms with E-state index in [9.17, 15) is 27.6 Å². The smallest absolute Gasteiger partial charge is 0.405 e. The van der Waals surface area contributed by atoms with Crippen LogP contribution in [-0.2, 0) is 20.7 Å². The lowest BCUT2D eigenvalue weighted by atomic mass is 10.3. The Morgan fingerprint density at radius 3 is 2.74 bits per heavy atom. The van der Waals surface area contributed by atoms with E-state index in [-0.39, 0.29) is 18.7 Å². The van der Waals surface area contributed by atoms with Crippen LogP contribution in [0.25, 0.3) is 10.7 Å². The van der Waals surface area contributed by atoms with E-state index >= 15 is 0 Å². The largest absolute Gasteiger partial charge is 0.456 e. The zero-order valence-corrected chi connectivity index (χ0v) is 14.4. The number of hydrogen-bond donors (Lipinski definition) is 2. The number of urea groups is 1. The van der Waals surface area contributed by atoms with Crippen LogP contribution < -0.4 is 10.6 Å². The minimum Gasteiger partial charge on any atom is -0.456 e. The molecule has 0 aromatic carbocycles. The molecule has 0 radical (unpaired) electrons. The van der Waals surface area contributed by atoms with Gasteiger partial charge in [0.1, 0.15) is 6.54 Å². The molecule has 0 unspecified atom stereocenters. The minimum absolute atomic E-state index is 0.0743. The highest BCUT2D eigenvalue weighted by Gasteiger charge is 2.28. The molecule has 27 heavy (non-hydrogen) atoms. The fraction of sp³-hybridized carbons (Fsp3) is 0.357. The lowest BCUT2D eigenvalue weighted by Gasteiger charge is -2.09. The van der Waals surface area contributed by atoms with Crippen molar-refractivity contribution in [1.29, 1.82) is 0 Å². The number of nitrogens with zero attached hydrogens (tertiary/aromatic N) is 2. The summed E-state index contributed by atoms with van der Waals surface area (Å²) in [6.45, 7) is -2.41. The normalized spacial score (nSPS) is 11.1. The Kier molecular flexibility index (Phi) is 6.87. The number of carbonyl (C=O) groups is 3. The Hall–Kier alpha value is -2.96. The van der Waals surface area contributed by atoms with Gasteiger partial charge < -0.3 is 14.6 Å². The molecule has 2 aromatic heterocycles. The molecule has 0 fully saturated rings. The van der Waals surface area contributed by atoms with Crippen LogP contribution in [0, 0.1) is 0 Å². The maximum atomic E-state index is 11.9. The lowest BCUT2D eigenvalue weighted by molar-refractivity contribution is -0.148. The molecule has 0 saturated carbocycles. The van der Waals surface area contributed by atoms with Gasteiger partial charge in [-0.1, -0.05) is 11.2 Å². The SMILES string of the molecule is O=C(COC(=O)CCc1nc(-c2cccs2)no1)NC(=O)NCC(F)(F)F. The van der Waals surface area contributed by atoms with Gasteiger partial charge >= 0.3 is 18.2 Å². The van der Waals surface area contributed by atoms with Crippen LogP contribution in [0.4, 0.5) is 18.0 Å². The molecule has 0 aliphatic heterocycles. The van der Waals surface area contributed by atoms with Crippen molar-refractivity contribution in [2.45, 2.75) is 19.0 Å². The van der Waals surface area contributed by atoms with Crippen molar-refractivity contribution in [3.63, 3.8) is 0 Å². The molecular formula is C14H13F3N4O5S. The van der Waals surface area contributed by atoms with Crippen LogP contribution in [-0.4, -0.2) is 47.4 Å². The quantitative estimate of drug-likeness (QED) is 0.670. The first kappa shape index (κ1) is 20.4. The van der Waals surface area contributed by atoms with Crippen LogP contribution in [0.15, 0.2) is 22.0 Å². The maximum Gasteiger partial charge on any atom is 0.405 e. The molecule has 2 heterocycles. The predicted molar refractivity (Wildman–Crippen MR) is 84.5 cm³/mol. The molecule has 2 rings (SSSR count). The molecule has 0 aliphatic carbocycles. The maximum absolute atomic E-state index is 11.9. The zero-order chi connectivity index (χ0) is 19.9. The molecule has 3 amide bonds. The van der Waals surface area contributed by atoms with Crippen LogP contribution in [0.1, 0.15) is 12.3 Å². The first-order valence-electron chi connectivity index (χ1n) is 7.39. The van der Waals surface area contributed by atoms with E-state index < -0.39 is 37.2 Å². The lowest BCUT2D eigenvalue weighted by Crippen LogP contribution is -2.44. The number of alkyl halides is 3. The topological polar surface area (TPSA) is 123 Å². The van der Waals surface area contributed by atoms with Crippen LogP contribution in [0.5, 0.6) is 0 Å². The van der Waals surface area contributed by atoms with Crippen molar-refractivity contribution in [1.82, 2.24) is 20.8 Å². The minimum atomic E-state index is -4.61. The molecule has 9 nitrogen and oxygen atoms in total. The van der Waals surface area contributed by atoms with Gasteiger partial charge in [0.25, 0.3) is 5.91 Å². The number of thiophene rings is 1. The van der Waals surface area contributed by atoms with Crippen molar-refractivity contribution in [3.8, 4) is 10.7 Å². The highest BCUT2D eigenvalue weighted by atomic mass is 32.1. The van der Waals surface area contributed by atoms with E-state index in [1.54, 1.807) is 11.4 Å². The van der Waals surface area contributed by atoms with E-state index in [0.29, 0.717) is 5.82 Å². The van der Waals surface area contributed by atoms with Crippen LogP contribution in [0.2, 0.25) is 0 Å². The first-order valence-corrected chi connectivity index (χ1v) is 8.27. The third-order valence-corrected chi connectivity index (χ3v) is 3.69. The molecule has 146 valence electrons. The fourth-order valence-corrected chi connectivity index (χ4v) is 2.33. The number of imide groups is 1. The third kappa shape index (κ3) is 7.43. The second-order valence-corrected chi connectivity index (χ2v) is 5.94. The van der Waals surface area contributed by atoms with Gasteiger partial charge in [0.15, 0.2) is 6.61 Å². The van der Waals surface area contributed by atoms with Gasteiger partial charge in [-0.2, -0.15) is 18.2 Å². The molecule has 0 bridgehead atoms. The van der Waals surface area contributed by atoms with E-state index in [2.05, 4.69) is 14.9 Å². The number of amides is 3. The predicted octanol–water partition coefficient (Wildman–Crippen LogP) is 1.66. The van der Waals surface area contributed by atoms with Gasteiger partial charge in [-0.25, -0.2) is 4.79 Å². The molecule has 0 aliphatic rings. The Labute approximate surface area is 153 Å². The van der Waals surface area contributed by atoms with Crippen molar-refractivity contribution in [2.24, 2.45) is 0 Å². The Bertz CT molecular complexity index is 791. The van der Waals surface area contributed by atoms with Crippen molar-refractivity contribution in [3.05, 3.63) is 23.4 Å². The Morgan fingerprint density at radius 1 is 1.30 bits per heavy atom. The van der Waals surface area contributed by atoms with Gasteiger partial charge in [-0.05, 0) is 11.4 Å². The average Bonchev–Trinajstić information content (AvgIpc) is 3.26. The molecule has 2 aromatic rings. The molecule has 2 N–H and O–H groups in total. The number of halogens is 3. The number of nitrogens with one attached hydrogen (secondary N) is 2. The third-order valence-electron chi connectivity index (χ3n) is 2.82. The van der Waals surface area contributed by atoms with Crippen molar-refractivity contribution < 1.29 is 36.8 Å². The highest BCUT2D eigenvalue weighted by molar-refractivity contribution is 7.13. The standard InChI is InChI=1S/C14H13F3N4O5S/c15-14(16,17)7-18-13(24)19-9(22)6-25-11(23)4-3-10-20-12(21-26-10)8-2-1-5-27-8/h1-2,5H,3-4,6-7H2,(H2,18,19,22,24). The molecule has 0 saturated heterocycles. The summed E-state index contributed by atoms with van der Waals surface area (Å²) in [6, 6.07) is 2.28. The second kappa shape index (κ2) is 9.12. The number of aromatic nitrogens is 2. The van der Waals surface area contributed by atoms with Crippen LogP contribution >= 0.6 is 11.3 Å². The summed E-state index contributed by atoms with van der Waals surface area (Å²) in [6.07, 6.45) is -4.70. The number of ether oxygens (including phenoxy) is 1. The number of rotatable bonds is 7. The second-order valence-electron chi connectivity index (χ2n) is 5.00. The van der Waals surface area contributed by atoms with E-state index in [1.807, 2.05) is 11.4 Å². The molecule has 0 atom stereocenters. The molecule has 13 heteroatoms. The summed E-state index contributed by atoms with van der Waals surface area (Å²) in [4.78, 5) is 38.8. The van der Waals surface area contributed by atoms with Crippen molar-refractivity contribution in [2.75, 3.05) is 13.2 Å². The van der Waals surface area contributed by atoms with Gasteiger partial charge in [0, 0.05) is 6.42 Å². The van der Waals surface area contributed by atoms with Gasteiger partial charge in [-0.3, -0.25) is 14.9 Å². The van der Waals surface area contributed by atoms with E-state index in [1.165, 1.54) is 16.7 Å². The summed E-state index contributed by atoms with van der Waals surface area (Å²) in [5, 5.41) is 8.64. The van der Waals surface area contributed by atoms with Crippen molar-refractivity contribution >= 4 is 29.2 Å². The molecule has 0 spiro atoms. The summed E-state index contributed by atoms with van der Waals surface area (Å²) in [5.41, 5.74) is 0. The van der Waals surface area contributed by atoms with E-state index in [4.69, 9.17) is 4.52 Å². The summed E-state index contributed by atoms with van der Waals surface area (Å²) in [5.74, 6) is -1.26. The summed E-state index contributed by atoms with van der Waals surface area (Å²) in [7, 11) is 0. The number of esters is 1. The Morgan fingerprint density at radius 2 is 2.07 bits per heavy atom. The number of hydrogen-bond acceptors (Lipinski definition) is 8. The first-order chi connectivity index (χ1) is 12.7. The summed E-state index contributed by atoms with van der Waals surface area (Å²) >= 11 is 1.42. The van der Waals surface area contributed by atoms with Gasteiger partial charge in [0.2, 0.25) is 11.7 Å². The Balaban J connectivity index is 1.66. The van der Waals surface area contributed by atoms with E-state index in [0.717, 1.165) is 4.88 Å². The monoisotopic (exact) mass is 406 g/mol. The van der Waals surface area contributed by atoms with Crippen LogP contribution in [0.3, 0.4) is 0 Å². The number of carbonyl (C=O) groups excluding carboxylic acids is 3. The zero-order valence-electron chi connectivity index (χ0n) is 13.5. The molecular weight excluding hydrogens is 393 g/mol. The average molecular weight is 406 g/mol. The number of aryl methyl sites for hydroxylation is 1. The summed E-state index contributed by atoms with van der Waals surface area (Å²) < 4.78 is 45.3. The van der Waals surface area contributed by atoms with Gasteiger partial charge in [-0.15, -0.1) is 11.3 Å². The van der Waals surface area contributed by atoms with Gasteiger partial charge in [0.05, 0.1) is 11.3 Å². The fourth-order valence-electron chi connectivity index (χ4n) is 1.68.